The number of fused-ring (bicyclic) bond motifs is 1. The van der Waals surface area contributed by atoms with E-state index in [4.69, 9.17) is 0 Å². The van der Waals surface area contributed by atoms with Gasteiger partial charge in [-0.05, 0) is 36.8 Å². The summed E-state index contributed by atoms with van der Waals surface area (Å²) in [6, 6.07) is 17.3. The van der Waals surface area contributed by atoms with Crippen LogP contribution in [-0.4, -0.2) is 19.7 Å². The minimum atomic E-state index is -0.149. The number of nitrogens with one attached hydrogen (secondary N) is 2. The lowest BCUT2D eigenvalue weighted by molar-refractivity contribution is 0.847. The molecule has 25 heavy (non-hydrogen) atoms. The van der Waals surface area contributed by atoms with Crippen LogP contribution >= 0.6 is 0 Å². The van der Waals surface area contributed by atoms with Crippen LogP contribution in [0.3, 0.4) is 0 Å². The Balaban J connectivity index is 1.63. The fourth-order valence-corrected chi connectivity index (χ4v) is 2.78. The summed E-state index contributed by atoms with van der Waals surface area (Å²) >= 11 is 0. The number of aromatic nitrogens is 4. The van der Waals surface area contributed by atoms with Crippen LogP contribution in [0, 0.1) is 6.92 Å². The lowest BCUT2D eigenvalue weighted by atomic mass is 10.2. The fraction of sp³-hybridized carbons (Fsp3) is 0.105. The Kier molecular flexibility index (Phi) is 3.78. The molecule has 2 aromatic heterocycles. The monoisotopic (exact) mass is 331 g/mol. The summed E-state index contributed by atoms with van der Waals surface area (Å²) in [6.45, 7) is 2.48. The number of benzene rings is 2. The van der Waals surface area contributed by atoms with Gasteiger partial charge in [0.2, 0.25) is 5.95 Å². The number of H-pyrrole nitrogens is 1. The molecule has 0 saturated carbocycles. The van der Waals surface area contributed by atoms with Crippen LogP contribution in [0.15, 0.2) is 65.6 Å². The summed E-state index contributed by atoms with van der Waals surface area (Å²) < 4.78 is 1.85. The van der Waals surface area contributed by atoms with E-state index in [0.29, 0.717) is 23.4 Å². The predicted octanol–water partition coefficient (Wildman–Crippen LogP) is 3.03. The Morgan fingerprint density at radius 2 is 1.88 bits per heavy atom. The predicted molar refractivity (Wildman–Crippen MR) is 98.0 cm³/mol. The van der Waals surface area contributed by atoms with Gasteiger partial charge in [-0.1, -0.05) is 30.3 Å². The van der Waals surface area contributed by atoms with Crippen LogP contribution in [-0.2, 0) is 6.54 Å². The van der Waals surface area contributed by atoms with Gasteiger partial charge >= 0.3 is 0 Å². The summed E-state index contributed by atoms with van der Waals surface area (Å²) in [7, 11) is 0. The third kappa shape index (κ3) is 3.01. The molecule has 0 aliphatic heterocycles. The summed E-state index contributed by atoms with van der Waals surface area (Å²) in [4.78, 5) is 19.4. The van der Waals surface area contributed by atoms with E-state index in [0.717, 1.165) is 16.9 Å². The van der Waals surface area contributed by atoms with E-state index in [1.807, 2.05) is 66.3 Å². The molecule has 0 aliphatic carbocycles. The third-order valence-corrected chi connectivity index (χ3v) is 4.02. The number of hydrogen-bond acceptors (Lipinski definition) is 4. The van der Waals surface area contributed by atoms with Gasteiger partial charge in [-0.3, -0.25) is 9.78 Å². The molecule has 2 aromatic carbocycles. The molecule has 0 fully saturated rings. The van der Waals surface area contributed by atoms with Crippen molar-refractivity contribution in [2.45, 2.75) is 13.5 Å². The zero-order valence-corrected chi connectivity index (χ0v) is 13.7. The Morgan fingerprint density at radius 3 is 2.72 bits per heavy atom. The first-order valence-corrected chi connectivity index (χ1v) is 8.04. The highest BCUT2D eigenvalue weighted by atomic mass is 16.1. The quantitative estimate of drug-likeness (QED) is 0.603. The van der Waals surface area contributed by atoms with E-state index in [1.165, 1.54) is 0 Å². The lowest BCUT2D eigenvalue weighted by Gasteiger charge is -2.11. The number of hydrogen-bond donors (Lipinski definition) is 2. The highest BCUT2D eigenvalue weighted by Gasteiger charge is 2.07. The summed E-state index contributed by atoms with van der Waals surface area (Å²) in [6.07, 6.45) is 1.93. The van der Waals surface area contributed by atoms with Crippen molar-refractivity contribution in [3.63, 3.8) is 0 Å². The molecular weight excluding hydrogens is 314 g/mol. The highest BCUT2D eigenvalue weighted by molar-refractivity contribution is 5.78. The largest absolute Gasteiger partial charge is 0.352 e. The SMILES string of the molecule is Cc1ccn(-c2ccccc2CNc2nc3ccccc3c(=O)[nH]2)n1. The van der Waals surface area contributed by atoms with Crippen LogP contribution in [0.25, 0.3) is 16.6 Å². The highest BCUT2D eigenvalue weighted by Crippen LogP contribution is 2.16. The molecule has 2 N–H and O–H groups in total. The number of aryl methyl sites for hydroxylation is 1. The minimum absolute atomic E-state index is 0.149. The maximum absolute atomic E-state index is 12.2. The Hall–Kier alpha value is -3.41. The molecule has 6 heteroatoms. The first-order valence-electron chi connectivity index (χ1n) is 8.04. The van der Waals surface area contributed by atoms with Crippen molar-refractivity contribution >= 4 is 16.9 Å². The van der Waals surface area contributed by atoms with Gasteiger partial charge in [0.25, 0.3) is 5.56 Å². The van der Waals surface area contributed by atoms with Crippen molar-refractivity contribution in [3.8, 4) is 5.69 Å². The van der Waals surface area contributed by atoms with Crippen molar-refractivity contribution in [1.82, 2.24) is 19.7 Å². The Labute approximate surface area is 144 Å². The molecule has 0 unspecified atom stereocenters. The molecule has 0 aliphatic rings. The van der Waals surface area contributed by atoms with Crippen molar-refractivity contribution in [1.29, 1.82) is 0 Å². The second kappa shape index (κ2) is 6.24. The van der Waals surface area contributed by atoms with Crippen LogP contribution in [0.4, 0.5) is 5.95 Å². The molecule has 0 radical (unpaired) electrons. The normalized spacial score (nSPS) is 10.9. The molecule has 2 heterocycles. The average Bonchev–Trinajstić information content (AvgIpc) is 3.06. The smallest absolute Gasteiger partial charge is 0.260 e. The molecule has 0 bridgehead atoms. The second-order valence-corrected chi connectivity index (χ2v) is 5.82. The number of rotatable bonds is 4. The number of nitrogens with zero attached hydrogens (tertiary/aromatic N) is 3. The van der Waals surface area contributed by atoms with Gasteiger partial charge in [0, 0.05) is 12.7 Å². The van der Waals surface area contributed by atoms with Gasteiger partial charge < -0.3 is 5.32 Å². The molecule has 124 valence electrons. The maximum Gasteiger partial charge on any atom is 0.260 e. The van der Waals surface area contributed by atoms with E-state index in [9.17, 15) is 4.79 Å². The van der Waals surface area contributed by atoms with Gasteiger partial charge in [-0.15, -0.1) is 0 Å². The van der Waals surface area contributed by atoms with Crippen LogP contribution in [0.2, 0.25) is 0 Å². The third-order valence-electron chi connectivity index (χ3n) is 4.02. The topological polar surface area (TPSA) is 75.6 Å². The minimum Gasteiger partial charge on any atom is -0.352 e. The summed E-state index contributed by atoms with van der Waals surface area (Å²) in [5, 5.41) is 8.25. The molecule has 0 spiro atoms. The molecule has 0 amide bonds. The number of anilines is 1. The van der Waals surface area contributed by atoms with Gasteiger partial charge in [-0.2, -0.15) is 5.10 Å². The van der Waals surface area contributed by atoms with Gasteiger partial charge in [0.05, 0.1) is 22.3 Å². The average molecular weight is 331 g/mol. The molecule has 4 aromatic rings. The van der Waals surface area contributed by atoms with Crippen molar-refractivity contribution in [2.24, 2.45) is 0 Å². The summed E-state index contributed by atoms with van der Waals surface area (Å²) in [5.41, 5.74) is 3.53. The standard InChI is InChI=1S/C19H17N5O/c1-13-10-11-24(23-13)17-9-5-2-6-14(17)12-20-19-21-16-8-4-3-7-15(16)18(25)22-19/h2-11H,12H2,1H3,(H2,20,21,22,25). The molecule has 0 atom stereocenters. The van der Waals surface area contributed by atoms with Gasteiger partial charge in [0.1, 0.15) is 0 Å². The second-order valence-electron chi connectivity index (χ2n) is 5.82. The maximum atomic E-state index is 12.2. The Bertz CT molecular complexity index is 1100. The molecular formula is C19H17N5O. The zero-order valence-electron chi connectivity index (χ0n) is 13.7. The number of aromatic amines is 1. The molecule has 0 saturated heterocycles. The van der Waals surface area contributed by atoms with E-state index < -0.39 is 0 Å². The van der Waals surface area contributed by atoms with Crippen LogP contribution < -0.4 is 10.9 Å². The van der Waals surface area contributed by atoms with Crippen molar-refractivity contribution in [2.75, 3.05) is 5.32 Å². The first-order chi connectivity index (χ1) is 12.2. The van der Waals surface area contributed by atoms with E-state index in [1.54, 1.807) is 6.07 Å². The number of para-hydroxylation sites is 2. The fourth-order valence-electron chi connectivity index (χ4n) is 2.78. The zero-order chi connectivity index (χ0) is 17.2. The van der Waals surface area contributed by atoms with Crippen LogP contribution in [0.5, 0.6) is 0 Å². The van der Waals surface area contributed by atoms with Gasteiger partial charge in [0.15, 0.2) is 0 Å². The molecule has 4 rings (SSSR count). The van der Waals surface area contributed by atoms with E-state index >= 15 is 0 Å². The Morgan fingerprint density at radius 1 is 1.08 bits per heavy atom. The lowest BCUT2D eigenvalue weighted by Crippen LogP contribution is -2.14. The van der Waals surface area contributed by atoms with E-state index in [-0.39, 0.29) is 5.56 Å². The van der Waals surface area contributed by atoms with Gasteiger partial charge in [-0.25, -0.2) is 9.67 Å². The van der Waals surface area contributed by atoms with Crippen molar-refractivity contribution < 1.29 is 0 Å². The van der Waals surface area contributed by atoms with Crippen molar-refractivity contribution in [3.05, 3.63) is 82.4 Å². The summed E-state index contributed by atoms with van der Waals surface area (Å²) in [5.74, 6) is 0.454. The van der Waals surface area contributed by atoms with E-state index in [2.05, 4.69) is 20.4 Å². The first kappa shape index (κ1) is 15.1. The molecule has 6 nitrogen and oxygen atoms in total. The van der Waals surface area contributed by atoms with Crippen LogP contribution in [0.1, 0.15) is 11.3 Å².